The Balaban J connectivity index is 2.31. The van der Waals surface area contributed by atoms with E-state index in [1.807, 2.05) is 0 Å². The van der Waals surface area contributed by atoms with Gasteiger partial charge in [-0.3, -0.25) is 0 Å². The Morgan fingerprint density at radius 3 is 2.56 bits per heavy atom. The zero-order valence-corrected chi connectivity index (χ0v) is 11.4. The predicted molar refractivity (Wildman–Crippen MR) is 80.5 cm³/mol. The molecule has 0 fully saturated rings. The molecule has 0 saturated heterocycles. The molecular formula is C16H15NS. The molecule has 0 spiro atoms. The van der Waals surface area contributed by atoms with E-state index in [4.69, 9.17) is 0 Å². The van der Waals surface area contributed by atoms with Crippen LogP contribution >= 0.6 is 12.6 Å². The standard InChI is InChI=1S/C16H15NS/c1-10-7-8-15(18)13(9-10)16-11(2)12-5-3-4-6-14(12)17-16/h3-9,17-18H,1-2H3. The quantitative estimate of drug-likeness (QED) is 0.583. The first-order valence-corrected chi connectivity index (χ1v) is 6.49. The predicted octanol–water partition coefficient (Wildman–Crippen LogP) is 4.74. The molecule has 0 bridgehead atoms. The van der Waals surface area contributed by atoms with Crippen molar-refractivity contribution in [2.24, 2.45) is 0 Å². The van der Waals surface area contributed by atoms with Crippen LogP contribution in [0.15, 0.2) is 47.4 Å². The van der Waals surface area contributed by atoms with Gasteiger partial charge in [-0.05, 0) is 37.6 Å². The van der Waals surface area contributed by atoms with E-state index in [0.29, 0.717) is 0 Å². The van der Waals surface area contributed by atoms with Gasteiger partial charge in [-0.25, -0.2) is 0 Å². The lowest BCUT2D eigenvalue weighted by Gasteiger charge is -2.06. The average molecular weight is 253 g/mol. The molecule has 0 atom stereocenters. The van der Waals surface area contributed by atoms with Gasteiger partial charge < -0.3 is 4.98 Å². The van der Waals surface area contributed by atoms with Gasteiger partial charge in [0, 0.05) is 21.4 Å². The third-order valence-electron chi connectivity index (χ3n) is 3.39. The zero-order chi connectivity index (χ0) is 12.7. The Bertz CT molecular complexity index is 725. The number of aryl methyl sites for hydroxylation is 2. The van der Waals surface area contributed by atoms with E-state index in [9.17, 15) is 0 Å². The number of fused-ring (bicyclic) bond motifs is 1. The van der Waals surface area contributed by atoms with Gasteiger partial charge in [0.1, 0.15) is 0 Å². The molecule has 1 aromatic heterocycles. The summed E-state index contributed by atoms with van der Waals surface area (Å²) < 4.78 is 0. The van der Waals surface area contributed by atoms with E-state index in [2.05, 4.69) is 73.9 Å². The van der Waals surface area contributed by atoms with Crippen LogP contribution in [0.5, 0.6) is 0 Å². The lowest BCUT2D eigenvalue weighted by atomic mass is 10.0. The number of rotatable bonds is 1. The summed E-state index contributed by atoms with van der Waals surface area (Å²) in [6, 6.07) is 14.7. The number of thiol groups is 1. The van der Waals surface area contributed by atoms with Crippen LogP contribution in [0.3, 0.4) is 0 Å². The van der Waals surface area contributed by atoms with E-state index in [1.165, 1.54) is 33.3 Å². The summed E-state index contributed by atoms with van der Waals surface area (Å²) in [5, 5.41) is 1.28. The van der Waals surface area contributed by atoms with Gasteiger partial charge in [0.05, 0.1) is 5.69 Å². The van der Waals surface area contributed by atoms with Crippen molar-refractivity contribution in [1.82, 2.24) is 4.98 Å². The number of hydrogen-bond acceptors (Lipinski definition) is 1. The topological polar surface area (TPSA) is 15.8 Å². The van der Waals surface area contributed by atoms with Crippen LogP contribution in [-0.4, -0.2) is 4.98 Å². The SMILES string of the molecule is Cc1ccc(S)c(-c2[nH]c3ccccc3c2C)c1. The van der Waals surface area contributed by atoms with Crippen LogP contribution in [0, 0.1) is 13.8 Å². The Morgan fingerprint density at radius 1 is 1.00 bits per heavy atom. The molecular weight excluding hydrogens is 238 g/mol. The van der Waals surface area contributed by atoms with Crippen molar-refractivity contribution in [3.63, 3.8) is 0 Å². The molecule has 0 unspecified atom stereocenters. The van der Waals surface area contributed by atoms with Crippen molar-refractivity contribution in [3.8, 4) is 11.3 Å². The summed E-state index contributed by atoms with van der Waals surface area (Å²) in [5.74, 6) is 0. The minimum atomic E-state index is 1.01. The number of para-hydroxylation sites is 1. The van der Waals surface area contributed by atoms with Crippen LogP contribution in [0.1, 0.15) is 11.1 Å². The highest BCUT2D eigenvalue weighted by atomic mass is 32.1. The molecule has 0 saturated carbocycles. The molecule has 1 nitrogen and oxygen atoms in total. The molecule has 18 heavy (non-hydrogen) atoms. The summed E-state index contributed by atoms with van der Waals surface area (Å²) in [7, 11) is 0. The number of aromatic amines is 1. The molecule has 0 aliphatic heterocycles. The van der Waals surface area contributed by atoms with E-state index in [-0.39, 0.29) is 0 Å². The maximum Gasteiger partial charge on any atom is 0.0505 e. The molecule has 0 aliphatic rings. The Kier molecular flexibility index (Phi) is 2.67. The fourth-order valence-electron chi connectivity index (χ4n) is 2.40. The maximum atomic E-state index is 4.57. The third-order valence-corrected chi connectivity index (χ3v) is 3.78. The normalized spacial score (nSPS) is 11.1. The minimum Gasteiger partial charge on any atom is -0.354 e. The highest BCUT2D eigenvalue weighted by Crippen LogP contribution is 2.33. The van der Waals surface area contributed by atoms with E-state index < -0.39 is 0 Å². The van der Waals surface area contributed by atoms with Crippen LogP contribution in [0.25, 0.3) is 22.2 Å². The van der Waals surface area contributed by atoms with Crippen molar-refractivity contribution in [3.05, 3.63) is 53.6 Å². The molecule has 0 radical (unpaired) electrons. The number of nitrogens with one attached hydrogen (secondary N) is 1. The fourth-order valence-corrected chi connectivity index (χ4v) is 2.65. The van der Waals surface area contributed by atoms with Gasteiger partial charge in [-0.1, -0.05) is 29.8 Å². The molecule has 2 heteroatoms. The lowest BCUT2D eigenvalue weighted by molar-refractivity contribution is 1.32. The molecule has 1 N–H and O–H groups in total. The highest BCUT2D eigenvalue weighted by molar-refractivity contribution is 7.80. The number of benzene rings is 2. The van der Waals surface area contributed by atoms with E-state index >= 15 is 0 Å². The lowest BCUT2D eigenvalue weighted by Crippen LogP contribution is -1.84. The smallest absolute Gasteiger partial charge is 0.0505 e. The molecule has 90 valence electrons. The fraction of sp³-hybridized carbons (Fsp3) is 0.125. The second kappa shape index (κ2) is 4.21. The number of hydrogen-bond donors (Lipinski definition) is 2. The summed E-state index contributed by atoms with van der Waals surface area (Å²) in [6.45, 7) is 4.26. The summed E-state index contributed by atoms with van der Waals surface area (Å²) >= 11 is 4.57. The molecule has 2 aromatic carbocycles. The summed E-state index contributed by atoms with van der Waals surface area (Å²) in [5.41, 5.74) is 6.06. The largest absolute Gasteiger partial charge is 0.354 e. The average Bonchev–Trinajstić information content (AvgIpc) is 2.71. The monoisotopic (exact) mass is 253 g/mol. The summed E-state index contributed by atoms with van der Waals surface area (Å²) in [4.78, 5) is 4.51. The minimum absolute atomic E-state index is 1.01. The van der Waals surface area contributed by atoms with Crippen molar-refractivity contribution >= 4 is 23.5 Å². The third kappa shape index (κ3) is 1.73. The Hall–Kier alpha value is -1.67. The number of H-pyrrole nitrogens is 1. The zero-order valence-electron chi connectivity index (χ0n) is 10.5. The van der Waals surface area contributed by atoms with E-state index in [0.717, 1.165) is 4.90 Å². The van der Waals surface area contributed by atoms with Crippen molar-refractivity contribution in [1.29, 1.82) is 0 Å². The van der Waals surface area contributed by atoms with Crippen LogP contribution in [0.4, 0.5) is 0 Å². The first kappa shape index (κ1) is 11.4. The maximum absolute atomic E-state index is 4.57. The van der Waals surface area contributed by atoms with Crippen molar-refractivity contribution in [2.45, 2.75) is 18.7 Å². The first-order valence-electron chi connectivity index (χ1n) is 6.04. The van der Waals surface area contributed by atoms with Gasteiger partial charge in [0.15, 0.2) is 0 Å². The van der Waals surface area contributed by atoms with Gasteiger partial charge in [0.25, 0.3) is 0 Å². The number of aromatic nitrogens is 1. The van der Waals surface area contributed by atoms with Gasteiger partial charge in [0.2, 0.25) is 0 Å². The molecule has 0 aliphatic carbocycles. The van der Waals surface area contributed by atoms with Crippen molar-refractivity contribution in [2.75, 3.05) is 0 Å². The first-order chi connectivity index (χ1) is 8.66. The summed E-state index contributed by atoms with van der Waals surface area (Å²) in [6.07, 6.45) is 0. The van der Waals surface area contributed by atoms with Gasteiger partial charge in [-0.2, -0.15) is 0 Å². The second-order valence-electron chi connectivity index (χ2n) is 4.69. The molecule has 0 amide bonds. The second-order valence-corrected chi connectivity index (χ2v) is 5.17. The Labute approximate surface area is 112 Å². The van der Waals surface area contributed by atoms with Crippen LogP contribution in [-0.2, 0) is 0 Å². The van der Waals surface area contributed by atoms with E-state index in [1.54, 1.807) is 0 Å². The highest BCUT2D eigenvalue weighted by Gasteiger charge is 2.11. The van der Waals surface area contributed by atoms with Crippen LogP contribution < -0.4 is 0 Å². The van der Waals surface area contributed by atoms with Crippen molar-refractivity contribution < 1.29 is 0 Å². The van der Waals surface area contributed by atoms with Crippen LogP contribution in [0.2, 0.25) is 0 Å². The molecule has 3 aromatic rings. The molecule has 3 rings (SSSR count). The Morgan fingerprint density at radius 2 is 1.78 bits per heavy atom. The molecule has 1 heterocycles. The van der Waals surface area contributed by atoms with Gasteiger partial charge in [-0.15, -0.1) is 12.6 Å². The van der Waals surface area contributed by atoms with Gasteiger partial charge >= 0.3 is 0 Å².